The second kappa shape index (κ2) is 11.9. The highest BCUT2D eigenvalue weighted by molar-refractivity contribution is 7.07. The highest BCUT2D eigenvalue weighted by Gasteiger charge is 2.33. The molecule has 0 aliphatic carbocycles. The van der Waals surface area contributed by atoms with Gasteiger partial charge in [-0.05, 0) is 66.9 Å². The van der Waals surface area contributed by atoms with Crippen molar-refractivity contribution < 1.29 is 23.7 Å². The summed E-state index contributed by atoms with van der Waals surface area (Å²) in [5.74, 6) is 1.62. The Kier molecular flexibility index (Phi) is 8.07. The van der Waals surface area contributed by atoms with Crippen molar-refractivity contribution in [1.82, 2.24) is 4.57 Å². The minimum Gasteiger partial charge on any atom is -0.497 e. The summed E-state index contributed by atoms with van der Waals surface area (Å²) in [4.78, 5) is 31.9. The molecule has 0 spiro atoms. The van der Waals surface area contributed by atoms with Gasteiger partial charge in [0, 0.05) is 5.56 Å². The van der Waals surface area contributed by atoms with Crippen LogP contribution in [-0.4, -0.2) is 31.9 Å². The number of carbonyl (C=O) groups is 1. The van der Waals surface area contributed by atoms with Crippen molar-refractivity contribution >= 4 is 23.4 Å². The maximum Gasteiger partial charge on any atom is 0.338 e. The normalized spacial score (nSPS) is 14.8. The van der Waals surface area contributed by atoms with Crippen LogP contribution in [0.3, 0.4) is 0 Å². The molecule has 3 aromatic carbocycles. The number of rotatable bonds is 8. The SMILES string of the molecule is COC(=O)C1=C(C)N=c2sc(=Cc3ccc(OC)c(COc4ccccc4C)c3)c(=O)n2[C@H]1c1ccc(OC)cc1. The number of thiazole rings is 1. The molecule has 1 aromatic heterocycles. The van der Waals surface area contributed by atoms with Crippen LogP contribution >= 0.6 is 11.3 Å². The topological polar surface area (TPSA) is 88.4 Å². The molecule has 1 aliphatic rings. The van der Waals surface area contributed by atoms with E-state index in [1.807, 2.05) is 67.6 Å². The van der Waals surface area contributed by atoms with Crippen molar-refractivity contribution in [3.8, 4) is 17.2 Å². The molecule has 0 fully saturated rings. The number of methoxy groups -OCH3 is 3. The number of carbonyl (C=O) groups excluding carboxylic acids is 1. The third kappa shape index (κ3) is 5.53. The van der Waals surface area contributed by atoms with Crippen molar-refractivity contribution in [3.05, 3.63) is 120 Å². The van der Waals surface area contributed by atoms with Gasteiger partial charge in [0.2, 0.25) is 0 Å². The van der Waals surface area contributed by atoms with Crippen molar-refractivity contribution in [2.75, 3.05) is 21.3 Å². The summed E-state index contributed by atoms with van der Waals surface area (Å²) in [5, 5.41) is 0. The van der Waals surface area contributed by atoms with Gasteiger partial charge in [0.25, 0.3) is 5.56 Å². The highest BCUT2D eigenvalue weighted by atomic mass is 32.1. The van der Waals surface area contributed by atoms with Crippen molar-refractivity contribution in [2.45, 2.75) is 26.5 Å². The van der Waals surface area contributed by atoms with E-state index in [0.29, 0.717) is 38.7 Å². The molecule has 9 heteroatoms. The average molecular weight is 571 g/mol. The first kappa shape index (κ1) is 27.9. The minimum atomic E-state index is -0.694. The second-order valence-corrected chi connectivity index (χ2v) is 10.5. The zero-order valence-corrected chi connectivity index (χ0v) is 24.3. The number of ether oxygens (including phenoxy) is 4. The Bertz CT molecular complexity index is 1820. The monoisotopic (exact) mass is 570 g/mol. The third-order valence-electron chi connectivity index (χ3n) is 6.94. The third-order valence-corrected chi connectivity index (χ3v) is 7.92. The first-order valence-corrected chi connectivity index (χ1v) is 13.8. The van der Waals surface area contributed by atoms with E-state index in [9.17, 15) is 9.59 Å². The Morgan fingerprint density at radius 1 is 0.976 bits per heavy atom. The molecule has 210 valence electrons. The molecule has 5 rings (SSSR count). The first-order valence-electron chi connectivity index (χ1n) is 12.9. The lowest BCUT2D eigenvalue weighted by Crippen LogP contribution is -2.39. The van der Waals surface area contributed by atoms with Gasteiger partial charge in [-0.25, -0.2) is 9.79 Å². The van der Waals surface area contributed by atoms with Gasteiger partial charge in [0.15, 0.2) is 4.80 Å². The summed E-state index contributed by atoms with van der Waals surface area (Å²) in [6.45, 7) is 4.05. The molecule has 0 amide bonds. The molecule has 0 unspecified atom stereocenters. The molecule has 0 radical (unpaired) electrons. The maximum atomic E-state index is 13.9. The second-order valence-electron chi connectivity index (χ2n) is 9.47. The predicted molar refractivity (Wildman–Crippen MR) is 157 cm³/mol. The van der Waals surface area contributed by atoms with E-state index in [1.165, 1.54) is 18.4 Å². The minimum absolute atomic E-state index is 0.253. The van der Waals surface area contributed by atoms with Gasteiger partial charge in [0.1, 0.15) is 23.9 Å². The van der Waals surface area contributed by atoms with E-state index >= 15 is 0 Å². The van der Waals surface area contributed by atoms with Gasteiger partial charge in [0.05, 0.1) is 43.2 Å². The number of esters is 1. The molecule has 1 aliphatic heterocycles. The summed E-state index contributed by atoms with van der Waals surface area (Å²) in [6, 6.07) is 20.1. The zero-order chi connectivity index (χ0) is 29.1. The number of para-hydroxylation sites is 1. The Labute approximate surface area is 241 Å². The quantitative estimate of drug-likeness (QED) is 0.294. The lowest BCUT2D eigenvalue weighted by molar-refractivity contribution is -0.136. The smallest absolute Gasteiger partial charge is 0.338 e. The van der Waals surface area contributed by atoms with Crippen LogP contribution in [0.5, 0.6) is 17.2 Å². The Morgan fingerprint density at radius 2 is 1.73 bits per heavy atom. The molecular formula is C32H30N2O6S. The fourth-order valence-electron chi connectivity index (χ4n) is 4.82. The lowest BCUT2D eigenvalue weighted by atomic mass is 9.96. The number of aromatic nitrogens is 1. The molecule has 0 saturated carbocycles. The number of aryl methyl sites for hydroxylation is 1. The number of nitrogens with zero attached hydrogens (tertiary/aromatic N) is 2. The fourth-order valence-corrected chi connectivity index (χ4v) is 5.87. The van der Waals surface area contributed by atoms with Crippen LogP contribution < -0.4 is 29.1 Å². The number of fused-ring (bicyclic) bond motifs is 1. The van der Waals surface area contributed by atoms with Crippen LogP contribution in [0.1, 0.15) is 35.2 Å². The van der Waals surface area contributed by atoms with Gasteiger partial charge in [-0.2, -0.15) is 0 Å². The Balaban J connectivity index is 1.58. The van der Waals surface area contributed by atoms with E-state index in [1.54, 1.807) is 37.8 Å². The number of hydrogen-bond acceptors (Lipinski definition) is 8. The van der Waals surface area contributed by atoms with E-state index in [4.69, 9.17) is 18.9 Å². The molecule has 41 heavy (non-hydrogen) atoms. The van der Waals surface area contributed by atoms with E-state index in [-0.39, 0.29) is 5.56 Å². The summed E-state index contributed by atoms with van der Waals surface area (Å²) in [6.07, 6.45) is 1.82. The first-order chi connectivity index (χ1) is 19.8. The number of allylic oxidation sites excluding steroid dienone is 1. The number of benzene rings is 3. The molecular weight excluding hydrogens is 540 g/mol. The van der Waals surface area contributed by atoms with E-state index in [0.717, 1.165) is 28.0 Å². The van der Waals surface area contributed by atoms with Gasteiger partial charge in [-0.15, -0.1) is 0 Å². The van der Waals surface area contributed by atoms with Crippen molar-refractivity contribution in [1.29, 1.82) is 0 Å². The van der Waals surface area contributed by atoms with Crippen LogP contribution in [0.2, 0.25) is 0 Å². The summed E-state index contributed by atoms with van der Waals surface area (Å²) in [7, 11) is 4.52. The molecule has 0 N–H and O–H groups in total. The molecule has 2 heterocycles. The van der Waals surface area contributed by atoms with Crippen LogP contribution in [-0.2, 0) is 16.1 Å². The van der Waals surface area contributed by atoms with Gasteiger partial charge >= 0.3 is 5.97 Å². The van der Waals surface area contributed by atoms with Gasteiger partial charge < -0.3 is 18.9 Å². The van der Waals surface area contributed by atoms with Crippen LogP contribution in [0.4, 0.5) is 0 Å². The molecule has 1 atom stereocenters. The highest BCUT2D eigenvalue weighted by Crippen LogP contribution is 2.31. The fraction of sp³-hybridized carbons (Fsp3) is 0.219. The van der Waals surface area contributed by atoms with E-state index in [2.05, 4.69) is 4.99 Å². The molecule has 0 saturated heterocycles. The molecule has 4 aromatic rings. The van der Waals surface area contributed by atoms with Gasteiger partial charge in [-0.1, -0.05) is 47.7 Å². The summed E-state index contributed by atoms with van der Waals surface area (Å²) < 4.78 is 24.1. The average Bonchev–Trinajstić information content (AvgIpc) is 3.29. The Hall–Kier alpha value is -4.63. The van der Waals surface area contributed by atoms with E-state index < -0.39 is 12.0 Å². The van der Waals surface area contributed by atoms with Crippen molar-refractivity contribution in [3.63, 3.8) is 0 Å². The van der Waals surface area contributed by atoms with Gasteiger partial charge in [-0.3, -0.25) is 9.36 Å². The van der Waals surface area contributed by atoms with Crippen LogP contribution in [0.25, 0.3) is 6.08 Å². The summed E-state index contributed by atoms with van der Waals surface area (Å²) in [5.41, 5.74) is 4.01. The predicted octanol–water partition coefficient (Wildman–Crippen LogP) is 4.31. The largest absolute Gasteiger partial charge is 0.497 e. The van der Waals surface area contributed by atoms with Crippen molar-refractivity contribution in [2.24, 2.45) is 4.99 Å². The molecule has 0 bridgehead atoms. The van der Waals surface area contributed by atoms with Crippen LogP contribution in [0, 0.1) is 6.92 Å². The Morgan fingerprint density at radius 3 is 2.41 bits per heavy atom. The standard InChI is InChI=1S/C32H30N2O6S/c1-19-8-6-7-9-25(19)40-18-23-16-21(10-15-26(23)38-4)17-27-30(35)34-29(22-11-13-24(37-3)14-12-22)28(31(36)39-5)20(2)33-32(34)41-27/h6-17,29H,18H2,1-5H3/t29-/m0/s1. The molecule has 8 nitrogen and oxygen atoms in total. The van der Waals surface area contributed by atoms with Crippen LogP contribution in [0.15, 0.2) is 87.8 Å². The zero-order valence-electron chi connectivity index (χ0n) is 23.5. The maximum absolute atomic E-state index is 13.9. The number of hydrogen-bond donors (Lipinski definition) is 0. The summed E-state index contributed by atoms with van der Waals surface area (Å²) >= 11 is 1.27. The lowest BCUT2D eigenvalue weighted by Gasteiger charge is -2.24.